The molecule has 25 heavy (non-hydrogen) atoms. The first-order valence-electron chi connectivity index (χ1n) is 9.21. The zero-order chi connectivity index (χ0) is 18.2. The SMILES string of the molecule is CCCCCCCCCCCCCC(=O)NC(CC(=O)O)C(=O)O.[KH]. The fourth-order valence-corrected chi connectivity index (χ4v) is 2.59. The number of nitrogens with one attached hydrogen (secondary N) is 1. The van der Waals surface area contributed by atoms with Gasteiger partial charge in [-0.3, -0.25) is 9.59 Å². The van der Waals surface area contributed by atoms with E-state index in [1.54, 1.807) is 0 Å². The van der Waals surface area contributed by atoms with Crippen molar-refractivity contribution in [3.63, 3.8) is 0 Å². The van der Waals surface area contributed by atoms with Crippen molar-refractivity contribution in [2.75, 3.05) is 0 Å². The average Bonchev–Trinajstić information content (AvgIpc) is 2.51. The van der Waals surface area contributed by atoms with Crippen LogP contribution in [0.15, 0.2) is 0 Å². The Morgan fingerprint density at radius 3 is 1.64 bits per heavy atom. The molecule has 0 bridgehead atoms. The van der Waals surface area contributed by atoms with Gasteiger partial charge >= 0.3 is 63.3 Å². The van der Waals surface area contributed by atoms with Gasteiger partial charge in [0.15, 0.2) is 0 Å². The molecule has 1 atom stereocenters. The molecule has 0 aromatic rings. The van der Waals surface area contributed by atoms with E-state index < -0.39 is 24.4 Å². The van der Waals surface area contributed by atoms with Crippen molar-refractivity contribution in [2.45, 2.75) is 96.4 Å². The summed E-state index contributed by atoms with van der Waals surface area (Å²) in [6.07, 6.45) is 12.7. The van der Waals surface area contributed by atoms with Gasteiger partial charge in [-0.1, -0.05) is 71.1 Å². The van der Waals surface area contributed by atoms with E-state index in [9.17, 15) is 14.4 Å². The van der Waals surface area contributed by atoms with Gasteiger partial charge in [0, 0.05) is 6.42 Å². The third-order valence-corrected chi connectivity index (χ3v) is 4.02. The van der Waals surface area contributed by atoms with Gasteiger partial charge in [0.25, 0.3) is 0 Å². The van der Waals surface area contributed by atoms with Crippen molar-refractivity contribution < 1.29 is 24.6 Å². The van der Waals surface area contributed by atoms with Crippen molar-refractivity contribution in [3.8, 4) is 0 Å². The van der Waals surface area contributed by atoms with Crippen LogP contribution in [0.3, 0.4) is 0 Å². The van der Waals surface area contributed by atoms with Crippen LogP contribution in [0.5, 0.6) is 0 Å². The number of hydrogen-bond donors (Lipinski definition) is 3. The molecule has 0 saturated carbocycles. The van der Waals surface area contributed by atoms with E-state index in [2.05, 4.69) is 12.2 Å². The number of carboxylic acids is 2. The molecular formula is C18H34KNO5. The molecule has 142 valence electrons. The van der Waals surface area contributed by atoms with Gasteiger partial charge in [-0.15, -0.1) is 0 Å². The molecule has 0 spiro atoms. The van der Waals surface area contributed by atoms with Gasteiger partial charge < -0.3 is 15.5 Å². The van der Waals surface area contributed by atoms with Crippen LogP contribution in [0.25, 0.3) is 0 Å². The molecule has 0 saturated heterocycles. The second-order valence-electron chi connectivity index (χ2n) is 6.34. The van der Waals surface area contributed by atoms with E-state index in [0.29, 0.717) is 6.42 Å². The third kappa shape index (κ3) is 18.6. The van der Waals surface area contributed by atoms with E-state index in [1.165, 1.54) is 51.4 Å². The van der Waals surface area contributed by atoms with Crippen LogP contribution in [0.1, 0.15) is 90.4 Å². The number of hydrogen-bond acceptors (Lipinski definition) is 3. The van der Waals surface area contributed by atoms with Gasteiger partial charge in [-0.2, -0.15) is 0 Å². The summed E-state index contributed by atoms with van der Waals surface area (Å²) in [5, 5.41) is 19.7. The van der Waals surface area contributed by atoms with Gasteiger partial charge in [0.1, 0.15) is 6.04 Å². The van der Waals surface area contributed by atoms with Crippen molar-refractivity contribution in [1.82, 2.24) is 5.32 Å². The van der Waals surface area contributed by atoms with Crippen molar-refractivity contribution in [2.24, 2.45) is 0 Å². The predicted octanol–water partition coefficient (Wildman–Crippen LogP) is 3.08. The van der Waals surface area contributed by atoms with Gasteiger partial charge in [0.2, 0.25) is 5.91 Å². The van der Waals surface area contributed by atoms with Crippen LogP contribution in [0.4, 0.5) is 0 Å². The third-order valence-electron chi connectivity index (χ3n) is 4.02. The normalized spacial score (nSPS) is 11.4. The number of carbonyl (C=O) groups is 3. The molecule has 0 fully saturated rings. The summed E-state index contributed by atoms with van der Waals surface area (Å²) in [4.78, 5) is 33.0. The van der Waals surface area contributed by atoms with Crippen LogP contribution in [0, 0.1) is 0 Å². The molecule has 3 N–H and O–H groups in total. The molecule has 0 aliphatic heterocycles. The Labute approximate surface area is 193 Å². The van der Waals surface area contributed by atoms with E-state index in [4.69, 9.17) is 10.2 Å². The molecule has 0 aromatic carbocycles. The number of unbranched alkanes of at least 4 members (excludes halogenated alkanes) is 10. The zero-order valence-electron chi connectivity index (χ0n) is 14.9. The minimum absolute atomic E-state index is 0. The summed E-state index contributed by atoms with van der Waals surface area (Å²) in [6, 6.07) is -1.34. The summed E-state index contributed by atoms with van der Waals surface area (Å²) in [5.41, 5.74) is 0. The summed E-state index contributed by atoms with van der Waals surface area (Å²) < 4.78 is 0. The van der Waals surface area contributed by atoms with Crippen molar-refractivity contribution >= 4 is 69.2 Å². The van der Waals surface area contributed by atoms with Gasteiger partial charge in [-0.05, 0) is 6.42 Å². The standard InChI is InChI=1S/C18H33NO5.K.H/c1-2-3-4-5-6-7-8-9-10-11-12-13-16(20)19-15(18(23)24)14-17(21)22;;/h15H,2-14H2,1H3,(H,19,20)(H,21,22)(H,23,24);;. The molecular weight excluding hydrogens is 349 g/mol. The Hall–Kier alpha value is 0.0464. The summed E-state index contributed by atoms with van der Waals surface area (Å²) in [6.45, 7) is 2.22. The van der Waals surface area contributed by atoms with E-state index in [-0.39, 0.29) is 63.7 Å². The molecule has 0 aliphatic carbocycles. The second-order valence-corrected chi connectivity index (χ2v) is 6.34. The summed E-state index contributed by atoms with van der Waals surface area (Å²) >= 11 is 0. The number of amides is 1. The predicted molar refractivity (Wildman–Crippen MR) is 100 cm³/mol. The van der Waals surface area contributed by atoms with Crippen LogP contribution >= 0.6 is 0 Å². The van der Waals surface area contributed by atoms with Crippen LogP contribution in [-0.2, 0) is 14.4 Å². The molecule has 0 heterocycles. The molecule has 7 heteroatoms. The van der Waals surface area contributed by atoms with Gasteiger partial charge in [-0.25, -0.2) is 4.79 Å². The summed E-state index contributed by atoms with van der Waals surface area (Å²) in [7, 11) is 0. The quantitative estimate of drug-likeness (QED) is 0.281. The first-order valence-corrected chi connectivity index (χ1v) is 9.21. The number of carbonyl (C=O) groups excluding carboxylic acids is 1. The molecule has 0 rings (SSSR count). The van der Waals surface area contributed by atoms with E-state index in [1.807, 2.05) is 0 Å². The molecule has 0 aromatic heterocycles. The Bertz CT molecular complexity index is 376. The Balaban J connectivity index is 0. The van der Waals surface area contributed by atoms with E-state index >= 15 is 0 Å². The Morgan fingerprint density at radius 2 is 1.24 bits per heavy atom. The average molecular weight is 384 g/mol. The second kappa shape index (κ2) is 18.8. The minimum atomic E-state index is -1.34. The Kier molecular flexibility index (Phi) is 20.5. The van der Waals surface area contributed by atoms with Crippen LogP contribution in [0.2, 0.25) is 0 Å². The van der Waals surface area contributed by atoms with Crippen LogP contribution in [-0.4, -0.2) is 85.5 Å². The van der Waals surface area contributed by atoms with E-state index in [0.717, 1.165) is 12.8 Å². The van der Waals surface area contributed by atoms with Crippen LogP contribution < -0.4 is 5.32 Å². The Morgan fingerprint density at radius 1 is 0.800 bits per heavy atom. The number of rotatable bonds is 16. The molecule has 0 aliphatic rings. The maximum absolute atomic E-state index is 11.6. The van der Waals surface area contributed by atoms with Crippen molar-refractivity contribution in [1.29, 1.82) is 0 Å². The maximum atomic E-state index is 11.6. The van der Waals surface area contributed by atoms with Crippen molar-refractivity contribution in [3.05, 3.63) is 0 Å². The van der Waals surface area contributed by atoms with Gasteiger partial charge in [0.05, 0.1) is 6.42 Å². The first kappa shape index (κ1) is 27.3. The zero-order valence-corrected chi connectivity index (χ0v) is 14.9. The molecule has 0 radical (unpaired) electrons. The summed E-state index contributed by atoms with van der Waals surface area (Å²) in [5.74, 6) is -2.94. The number of aliphatic carboxylic acids is 2. The molecule has 1 unspecified atom stereocenters. The number of carboxylic acid groups (broad SMARTS) is 2. The first-order chi connectivity index (χ1) is 11.5. The fraction of sp³-hybridized carbons (Fsp3) is 0.833. The topological polar surface area (TPSA) is 104 Å². The molecule has 1 amide bonds. The fourth-order valence-electron chi connectivity index (χ4n) is 2.59. The monoisotopic (exact) mass is 383 g/mol. The molecule has 6 nitrogen and oxygen atoms in total.